The van der Waals surface area contributed by atoms with Crippen molar-refractivity contribution >= 4 is 0 Å². The summed E-state index contributed by atoms with van der Waals surface area (Å²) in [5.74, 6) is 0.564. The van der Waals surface area contributed by atoms with E-state index in [9.17, 15) is 13.2 Å². The zero-order valence-electron chi connectivity index (χ0n) is 11.8. The first-order valence-corrected chi connectivity index (χ1v) is 7.27. The van der Waals surface area contributed by atoms with Crippen LogP contribution in [0.5, 0.6) is 5.75 Å². The van der Waals surface area contributed by atoms with E-state index in [4.69, 9.17) is 5.73 Å². The van der Waals surface area contributed by atoms with Crippen LogP contribution in [-0.2, 0) is 0 Å². The maximum atomic E-state index is 12.4. The molecule has 118 valence electrons. The van der Waals surface area contributed by atoms with E-state index >= 15 is 0 Å². The number of halogens is 3. The summed E-state index contributed by atoms with van der Waals surface area (Å²) < 4.78 is 41.4. The van der Waals surface area contributed by atoms with Gasteiger partial charge in [0.05, 0.1) is 0 Å². The molecule has 0 heterocycles. The van der Waals surface area contributed by atoms with E-state index < -0.39 is 6.36 Å². The smallest absolute Gasteiger partial charge is 0.405 e. The van der Waals surface area contributed by atoms with Gasteiger partial charge in [0.1, 0.15) is 5.75 Å². The second-order valence-electron chi connectivity index (χ2n) is 5.41. The standard InChI is InChI=1S/C15H21F3N2O/c16-15(17,18)21-14-7-2-1-6-12(14)13(10-19)20-9-8-11-4-3-5-11/h1-2,6-7,11,13,20H,3-5,8-10,19H2. The van der Waals surface area contributed by atoms with Crippen molar-refractivity contribution in [2.45, 2.75) is 38.1 Å². The molecule has 0 amide bonds. The molecule has 1 fully saturated rings. The van der Waals surface area contributed by atoms with Gasteiger partial charge >= 0.3 is 6.36 Å². The monoisotopic (exact) mass is 302 g/mol. The molecule has 0 radical (unpaired) electrons. The lowest BCUT2D eigenvalue weighted by atomic mass is 9.83. The lowest BCUT2D eigenvalue weighted by Crippen LogP contribution is -2.31. The quantitative estimate of drug-likeness (QED) is 0.812. The van der Waals surface area contributed by atoms with Crippen LogP contribution in [0.15, 0.2) is 24.3 Å². The van der Waals surface area contributed by atoms with Crippen molar-refractivity contribution in [3.63, 3.8) is 0 Å². The molecule has 2 rings (SSSR count). The van der Waals surface area contributed by atoms with Crippen LogP contribution >= 0.6 is 0 Å². The normalized spacial score (nSPS) is 17.3. The van der Waals surface area contributed by atoms with Gasteiger partial charge in [-0.2, -0.15) is 0 Å². The third-order valence-corrected chi connectivity index (χ3v) is 3.92. The Kier molecular flexibility index (Phi) is 5.47. The number of benzene rings is 1. The lowest BCUT2D eigenvalue weighted by Gasteiger charge is -2.27. The molecule has 1 aliphatic rings. The van der Waals surface area contributed by atoms with E-state index in [2.05, 4.69) is 10.1 Å². The summed E-state index contributed by atoms with van der Waals surface area (Å²) in [5.41, 5.74) is 6.15. The Bertz CT molecular complexity index is 447. The molecule has 0 bridgehead atoms. The topological polar surface area (TPSA) is 47.3 Å². The molecule has 1 aromatic rings. The molecule has 1 unspecified atom stereocenters. The first-order chi connectivity index (χ1) is 9.99. The summed E-state index contributed by atoms with van der Waals surface area (Å²) in [6, 6.07) is 5.82. The van der Waals surface area contributed by atoms with Crippen molar-refractivity contribution in [2.24, 2.45) is 11.7 Å². The summed E-state index contributed by atoms with van der Waals surface area (Å²) in [5, 5.41) is 3.24. The molecule has 1 atom stereocenters. The van der Waals surface area contributed by atoms with E-state index in [0.717, 1.165) is 18.9 Å². The van der Waals surface area contributed by atoms with Crippen LogP contribution in [0.1, 0.15) is 37.3 Å². The predicted molar refractivity (Wildman–Crippen MR) is 74.9 cm³/mol. The van der Waals surface area contributed by atoms with Crippen molar-refractivity contribution in [3.8, 4) is 5.75 Å². The third-order valence-electron chi connectivity index (χ3n) is 3.92. The minimum Gasteiger partial charge on any atom is -0.405 e. The maximum Gasteiger partial charge on any atom is 0.573 e. The zero-order valence-corrected chi connectivity index (χ0v) is 11.8. The molecular formula is C15H21F3N2O. The van der Waals surface area contributed by atoms with Gasteiger partial charge in [-0.3, -0.25) is 0 Å². The molecule has 1 saturated carbocycles. The lowest BCUT2D eigenvalue weighted by molar-refractivity contribution is -0.275. The van der Waals surface area contributed by atoms with Crippen molar-refractivity contribution in [1.82, 2.24) is 5.32 Å². The Hall–Kier alpha value is -1.27. The highest BCUT2D eigenvalue weighted by Gasteiger charge is 2.32. The highest BCUT2D eigenvalue weighted by molar-refractivity contribution is 5.36. The van der Waals surface area contributed by atoms with E-state index in [-0.39, 0.29) is 18.3 Å². The summed E-state index contributed by atoms with van der Waals surface area (Å²) >= 11 is 0. The molecule has 3 N–H and O–H groups in total. The van der Waals surface area contributed by atoms with Crippen LogP contribution < -0.4 is 15.8 Å². The van der Waals surface area contributed by atoms with Gasteiger partial charge in [-0.05, 0) is 24.9 Å². The minimum atomic E-state index is -4.69. The number of nitrogens with one attached hydrogen (secondary N) is 1. The molecular weight excluding hydrogens is 281 g/mol. The fraction of sp³-hybridized carbons (Fsp3) is 0.600. The van der Waals surface area contributed by atoms with E-state index in [1.807, 2.05) is 0 Å². The van der Waals surface area contributed by atoms with Gasteiger partial charge in [0, 0.05) is 18.2 Å². The molecule has 3 nitrogen and oxygen atoms in total. The molecule has 0 spiro atoms. The first kappa shape index (κ1) is 16.1. The van der Waals surface area contributed by atoms with Crippen LogP contribution in [0.4, 0.5) is 13.2 Å². The Morgan fingerprint density at radius 3 is 2.57 bits per heavy atom. The molecule has 21 heavy (non-hydrogen) atoms. The van der Waals surface area contributed by atoms with E-state index in [1.165, 1.54) is 31.4 Å². The average molecular weight is 302 g/mol. The Morgan fingerprint density at radius 2 is 2.00 bits per heavy atom. The van der Waals surface area contributed by atoms with E-state index in [0.29, 0.717) is 5.56 Å². The Morgan fingerprint density at radius 1 is 1.29 bits per heavy atom. The van der Waals surface area contributed by atoms with Crippen LogP contribution in [0.2, 0.25) is 0 Å². The van der Waals surface area contributed by atoms with Gasteiger partial charge in [-0.1, -0.05) is 37.5 Å². The summed E-state index contributed by atoms with van der Waals surface area (Å²) in [4.78, 5) is 0. The Labute approximate surface area is 122 Å². The number of rotatable bonds is 7. The predicted octanol–water partition coefficient (Wildman–Crippen LogP) is 3.36. The number of para-hydroxylation sites is 1. The molecule has 1 aromatic carbocycles. The van der Waals surface area contributed by atoms with Crippen molar-refractivity contribution in [1.29, 1.82) is 0 Å². The molecule has 0 saturated heterocycles. The van der Waals surface area contributed by atoms with Gasteiger partial charge in [0.25, 0.3) is 0 Å². The highest BCUT2D eigenvalue weighted by atomic mass is 19.4. The SMILES string of the molecule is NCC(NCCC1CCC1)c1ccccc1OC(F)(F)F. The van der Waals surface area contributed by atoms with Crippen molar-refractivity contribution in [2.75, 3.05) is 13.1 Å². The fourth-order valence-corrected chi connectivity index (χ4v) is 2.55. The number of hydrogen-bond donors (Lipinski definition) is 2. The highest BCUT2D eigenvalue weighted by Crippen LogP contribution is 2.31. The second-order valence-corrected chi connectivity index (χ2v) is 5.41. The summed E-state index contributed by atoms with van der Waals surface area (Å²) in [7, 11) is 0. The molecule has 0 aliphatic heterocycles. The Balaban J connectivity index is 1.98. The van der Waals surface area contributed by atoms with Crippen LogP contribution in [-0.4, -0.2) is 19.5 Å². The van der Waals surface area contributed by atoms with Crippen LogP contribution in [0, 0.1) is 5.92 Å². The number of hydrogen-bond acceptors (Lipinski definition) is 3. The number of alkyl halides is 3. The third kappa shape index (κ3) is 4.89. The second kappa shape index (κ2) is 7.13. The number of ether oxygens (including phenoxy) is 1. The van der Waals surface area contributed by atoms with E-state index in [1.54, 1.807) is 12.1 Å². The summed E-state index contributed by atoms with van der Waals surface area (Å²) in [6.45, 7) is 0.982. The summed E-state index contributed by atoms with van der Waals surface area (Å²) in [6.07, 6.45) is 0.138. The first-order valence-electron chi connectivity index (χ1n) is 7.27. The largest absolute Gasteiger partial charge is 0.573 e. The average Bonchev–Trinajstić information content (AvgIpc) is 2.36. The zero-order chi connectivity index (χ0) is 15.3. The fourth-order valence-electron chi connectivity index (χ4n) is 2.55. The molecule has 1 aliphatic carbocycles. The van der Waals surface area contributed by atoms with Gasteiger partial charge in [-0.25, -0.2) is 0 Å². The van der Waals surface area contributed by atoms with Crippen molar-refractivity contribution < 1.29 is 17.9 Å². The minimum absolute atomic E-state index is 0.184. The number of nitrogens with two attached hydrogens (primary N) is 1. The van der Waals surface area contributed by atoms with Gasteiger partial charge in [-0.15, -0.1) is 13.2 Å². The maximum absolute atomic E-state index is 12.4. The van der Waals surface area contributed by atoms with Crippen LogP contribution in [0.25, 0.3) is 0 Å². The molecule has 0 aromatic heterocycles. The van der Waals surface area contributed by atoms with Gasteiger partial charge in [0.15, 0.2) is 0 Å². The van der Waals surface area contributed by atoms with Gasteiger partial charge < -0.3 is 15.8 Å². The van der Waals surface area contributed by atoms with Crippen LogP contribution in [0.3, 0.4) is 0 Å². The van der Waals surface area contributed by atoms with Crippen molar-refractivity contribution in [3.05, 3.63) is 29.8 Å². The van der Waals surface area contributed by atoms with Gasteiger partial charge in [0.2, 0.25) is 0 Å². The molecule has 6 heteroatoms.